The van der Waals surface area contributed by atoms with Gasteiger partial charge < -0.3 is 15.4 Å². The molecule has 0 unspecified atom stereocenters. The Morgan fingerprint density at radius 1 is 1.08 bits per heavy atom. The van der Waals surface area contributed by atoms with Gasteiger partial charge >= 0.3 is 0 Å². The molecule has 0 aliphatic heterocycles. The summed E-state index contributed by atoms with van der Waals surface area (Å²) >= 11 is 5.86. The number of rotatable bonds is 9. The number of nitrogens with one attached hydrogen (secondary N) is 2. The molecular weight excluding hydrogens is 324 g/mol. The van der Waals surface area contributed by atoms with Gasteiger partial charge in [-0.25, -0.2) is 0 Å². The van der Waals surface area contributed by atoms with Crippen LogP contribution < -0.4 is 15.4 Å². The van der Waals surface area contributed by atoms with Crippen LogP contribution in [0.15, 0.2) is 48.5 Å². The van der Waals surface area contributed by atoms with Gasteiger partial charge in [0.25, 0.3) is 0 Å². The van der Waals surface area contributed by atoms with Gasteiger partial charge in [0.15, 0.2) is 0 Å². The number of benzene rings is 2. The maximum absolute atomic E-state index is 11.9. The molecule has 0 bridgehead atoms. The molecule has 24 heavy (non-hydrogen) atoms. The van der Waals surface area contributed by atoms with Gasteiger partial charge in [-0.1, -0.05) is 41.9 Å². The highest BCUT2D eigenvalue weighted by atomic mass is 35.5. The lowest BCUT2D eigenvalue weighted by Gasteiger charge is -2.10. The minimum atomic E-state index is 0.0277. The van der Waals surface area contributed by atoms with Crippen molar-refractivity contribution >= 4 is 17.5 Å². The average molecular weight is 347 g/mol. The minimum absolute atomic E-state index is 0.0277. The van der Waals surface area contributed by atoms with Crippen molar-refractivity contribution in [3.63, 3.8) is 0 Å². The number of hydrogen-bond donors (Lipinski definition) is 2. The predicted octanol–water partition coefficient (Wildman–Crippen LogP) is 3.19. The fraction of sp³-hybridized carbons (Fsp3) is 0.316. The van der Waals surface area contributed by atoms with Crippen LogP contribution in [0, 0.1) is 0 Å². The second kappa shape index (κ2) is 9.96. The van der Waals surface area contributed by atoms with Crippen LogP contribution in [0.3, 0.4) is 0 Å². The molecule has 0 fully saturated rings. The van der Waals surface area contributed by atoms with Gasteiger partial charge in [-0.2, -0.15) is 0 Å². The first kappa shape index (κ1) is 18.3. The van der Waals surface area contributed by atoms with E-state index in [-0.39, 0.29) is 5.91 Å². The van der Waals surface area contributed by atoms with E-state index >= 15 is 0 Å². The van der Waals surface area contributed by atoms with E-state index in [1.54, 1.807) is 7.11 Å². The Balaban J connectivity index is 1.60. The van der Waals surface area contributed by atoms with E-state index in [0.29, 0.717) is 19.5 Å². The van der Waals surface area contributed by atoms with Crippen molar-refractivity contribution in [2.24, 2.45) is 0 Å². The summed E-state index contributed by atoms with van der Waals surface area (Å²) < 4.78 is 5.27. The summed E-state index contributed by atoms with van der Waals surface area (Å²) in [5.41, 5.74) is 2.21. The van der Waals surface area contributed by atoms with Crippen LogP contribution in [0.2, 0.25) is 5.02 Å². The fourth-order valence-electron chi connectivity index (χ4n) is 2.34. The van der Waals surface area contributed by atoms with Gasteiger partial charge in [-0.15, -0.1) is 0 Å². The van der Waals surface area contributed by atoms with Crippen LogP contribution in [0.4, 0.5) is 0 Å². The van der Waals surface area contributed by atoms with E-state index in [4.69, 9.17) is 16.3 Å². The van der Waals surface area contributed by atoms with Gasteiger partial charge in [-0.3, -0.25) is 4.79 Å². The third-order valence-electron chi connectivity index (χ3n) is 3.70. The normalized spacial score (nSPS) is 10.4. The van der Waals surface area contributed by atoms with E-state index in [9.17, 15) is 4.79 Å². The Labute approximate surface area is 148 Å². The maximum Gasteiger partial charge on any atom is 0.221 e. The number of amides is 1. The molecule has 2 aromatic rings. The summed E-state index contributed by atoms with van der Waals surface area (Å²) in [7, 11) is 1.63. The first-order valence-corrected chi connectivity index (χ1v) is 8.40. The summed E-state index contributed by atoms with van der Waals surface area (Å²) in [5, 5.41) is 6.95. The van der Waals surface area contributed by atoms with Crippen LogP contribution in [0.25, 0.3) is 0 Å². The third-order valence-corrected chi connectivity index (χ3v) is 3.95. The van der Waals surface area contributed by atoms with E-state index < -0.39 is 0 Å². The van der Waals surface area contributed by atoms with E-state index in [1.807, 2.05) is 48.5 Å². The number of ether oxygens (including phenoxy) is 1. The van der Waals surface area contributed by atoms with Gasteiger partial charge in [0.2, 0.25) is 5.91 Å². The van der Waals surface area contributed by atoms with E-state index in [0.717, 1.165) is 29.3 Å². The van der Waals surface area contributed by atoms with Crippen LogP contribution in [-0.2, 0) is 17.8 Å². The maximum atomic E-state index is 11.9. The Morgan fingerprint density at radius 3 is 2.58 bits per heavy atom. The summed E-state index contributed by atoms with van der Waals surface area (Å²) in [6, 6.07) is 15.5. The Hall–Kier alpha value is -2.04. The standard InChI is InChI=1S/C19H23ClN2O2/c1-24-18-5-3-2-4-16(18)14-22-19(23)11-13-21-12-10-15-6-8-17(20)9-7-15/h2-9,21H,10-14H2,1H3,(H,22,23). The molecule has 0 saturated heterocycles. The zero-order valence-electron chi connectivity index (χ0n) is 13.8. The summed E-state index contributed by atoms with van der Waals surface area (Å²) in [6.07, 6.45) is 1.37. The first-order chi connectivity index (χ1) is 11.7. The molecule has 1 amide bonds. The molecule has 0 saturated carbocycles. The molecule has 5 heteroatoms. The summed E-state index contributed by atoms with van der Waals surface area (Å²) in [4.78, 5) is 11.9. The zero-order valence-corrected chi connectivity index (χ0v) is 14.6. The molecule has 0 heterocycles. The largest absolute Gasteiger partial charge is 0.496 e. The van der Waals surface area contributed by atoms with Gasteiger partial charge in [0.1, 0.15) is 5.75 Å². The van der Waals surface area contributed by atoms with Crippen LogP contribution >= 0.6 is 11.6 Å². The molecule has 2 N–H and O–H groups in total. The lowest BCUT2D eigenvalue weighted by molar-refractivity contribution is -0.121. The topological polar surface area (TPSA) is 50.4 Å². The number of carbonyl (C=O) groups excluding carboxylic acids is 1. The summed E-state index contributed by atoms with van der Waals surface area (Å²) in [6.45, 7) is 1.97. The summed E-state index contributed by atoms with van der Waals surface area (Å²) in [5.74, 6) is 0.818. The number of para-hydroxylation sites is 1. The molecular formula is C19H23ClN2O2. The second-order valence-electron chi connectivity index (χ2n) is 5.47. The Bertz CT molecular complexity index is 644. The van der Waals surface area contributed by atoms with Crippen molar-refractivity contribution in [3.05, 3.63) is 64.7 Å². The number of hydrogen-bond acceptors (Lipinski definition) is 3. The number of methoxy groups -OCH3 is 1. The Morgan fingerprint density at radius 2 is 1.83 bits per heavy atom. The van der Waals surface area contributed by atoms with Gasteiger partial charge in [0, 0.05) is 30.1 Å². The Kier molecular flexibility index (Phi) is 7.59. The van der Waals surface area contributed by atoms with E-state index in [1.165, 1.54) is 5.56 Å². The highest BCUT2D eigenvalue weighted by molar-refractivity contribution is 6.30. The molecule has 0 aliphatic carbocycles. The van der Waals surface area contributed by atoms with Crippen molar-refractivity contribution in [1.82, 2.24) is 10.6 Å². The van der Waals surface area contributed by atoms with Crippen molar-refractivity contribution < 1.29 is 9.53 Å². The number of carbonyl (C=O) groups is 1. The zero-order chi connectivity index (χ0) is 17.2. The van der Waals surface area contributed by atoms with Crippen molar-refractivity contribution in [3.8, 4) is 5.75 Å². The van der Waals surface area contributed by atoms with Crippen LogP contribution in [0.5, 0.6) is 5.75 Å². The minimum Gasteiger partial charge on any atom is -0.496 e. The van der Waals surface area contributed by atoms with Crippen molar-refractivity contribution in [2.75, 3.05) is 20.2 Å². The molecule has 4 nitrogen and oxygen atoms in total. The molecule has 0 aliphatic rings. The first-order valence-electron chi connectivity index (χ1n) is 8.03. The lowest BCUT2D eigenvalue weighted by atomic mass is 10.1. The number of halogens is 1. The van der Waals surface area contributed by atoms with E-state index in [2.05, 4.69) is 10.6 Å². The molecule has 0 atom stereocenters. The lowest BCUT2D eigenvalue weighted by Crippen LogP contribution is -2.28. The molecule has 0 radical (unpaired) electrons. The monoisotopic (exact) mass is 346 g/mol. The second-order valence-corrected chi connectivity index (χ2v) is 5.90. The predicted molar refractivity (Wildman–Crippen MR) is 97.5 cm³/mol. The SMILES string of the molecule is COc1ccccc1CNC(=O)CCNCCc1ccc(Cl)cc1. The third kappa shape index (κ3) is 6.22. The van der Waals surface area contributed by atoms with Crippen molar-refractivity contribution in [2.45, 2.75) is 19.4 Å². The molecule has 2 rings (SSSR count). The van der Waals surface area contributed by atoms with Crippen LogP contribution in [-0.4, -0.2) is 26.1 Å². The fourth-order valence-corrected chi connectivity index (χ4v) is 2.47. The quantitative estimate of drug-likeness (QED) is 0.686. The van der Waals surface area contributed by atoms with Gasteiger partial charge in [-0.05, 0) is 36.7 Å². The van der Waals surface area contributed by atoms with Crippen molar-refractivity contribution in [1.29, 1.82) is 0 Å². The molecule has 128 valence electrons. The highest BCUT2D eigenvalue weighted by Gasteiger charge is 2.04. The molecule has 0 aromatic heterocycles. The molecule has 2 aromatic carbocycles. The highest BCUT2D eigenvalue weighted by Crippen LogP contribution is 2.16. The van der Waals surface area contributed by atoms with Crippen LogP contribution in [0.1, 0.15) is 17.5 Å². The van der Waals surface area contributed by atoms with Gasteiger partial charge in [0.05, 0.1) is 7.11 Å². The average Bonchev–Trinajstić information content (AvgIpc) is 2.61. The molecule has 0 spiro atoms. The smallest absolute Gasteiger partial charge is 0.221 e.